The Morgan fingerprint density at radius 2 is 1.47 bits per heavy atom. The smallest absolute Gasteiger partial charge is 0.242 e. The van der Waals surface area contributed by atoms with Gasteiger partial charge in [-0.2, -0.15) is 0 Å². The van der Waals surface area contributed by atoms with E-state index in [9.17, 15) is 18.4 Å². The first-order valence-electron chi connectivity index (χ1n) is 10.6. The molecule has 4 nitrogen and oxygen atoms in total. The maximum atomic E-state index is 13.3. The van der Waals surface area contributed by atoms with Crippen LogP contribution in [0.5, 0.6) is 0 Å². The lowest BCUT2D eigenvalue weighted by Crippen LogP contribution is -2.44. The van der Waals surface area contributed by atoms with E-state index >= 15 is 0 Å². The van der Waals surface area contributed by atoms with Crippen LogP contribution in [0.4, 0.5) is 8.78 Å². The summed E-state index contributed by atoms with van der Waals surface area (Å²) in [6.45, 7) is 0.761. The topological polar surface area (TPSA) is 40.6 Å². The molecule has 3 aromatic rings. The van der Waals surface area contributed by atoms with Gasteiger partial charge in [-0.05, 0) is 59.7 Å². The number of amides is 2. The molecular weight excluding hydrogens is 430 g/mol. The number of hydrogen-bond donors (Lipinski definition) is 0. The second-order valence-corrected chi connectivity index (χ2v) is 9.04. The van der Waals surface area contributed by atoms with Crippen molar-refractivity contribution >= 4 is 23.2 Å². The summed E-state index contributed by atoms with van der Waals surface area (Å²) in [5.41, 5.74) is 1.54. The van der Waals surface area contributed by atoms with Gasteiger partial charge in [-0.25, -0.2) is 8.78 Å². The highest BCUT2D eigenvalue weighted by Crippen LogP contribution is 2.28. The molecule has 0 N–H and O–H groups in total. The van der Waals surface area contributed by atoms with Gasteiger partial charge in [0.05, 0.1) is 13.0 Å². The van der Waals surface area contributed by atoms with E-state index in [1.807, 2.05) is 17.5 Å². The van der Waals surface area contributed by atoms with Crippen molar-refractivity contribution in [2.45, 2.75) is 38.4 Å². The molecule has 0 aliphatic heterocycles. The fourth-order valence-corrected chi connectivity index (χ4v) is 4.28. The van der Waals surface area contributed by atoms with Crippen molar-refractivity contribution in [3.8, 4) is 0 Å². The van der Waals surface area contributed by atoms with Crippen LogP contribution in [0.25, 0.3) is 0 Å². The summed E-state index contributed by atoms with van der Waals surface area (Å²) in [5.74, 6) is -0.955. The summed E-state index contributed by atoms with van der Waals surface area (Å²) in [5, 5.41) is 1.96. The summed E-state index contributed by atoms with van der Waals surface area (Å²) in [6, 6.07) is 15.9. The minimum Gasteiger partial charge on any atom is -0.332 e. The van der Waals surface area contributed by atoms with Gasteiger partial charge in [0.25, 0.3) is 0 Å². The van der Waals surface area contributed by atoms with E-state index in [-0.39, 0.29) is 42.5 Å². The molecule has 0 bridgehead atoms. The maximum absolute atomic E-state index is 13.3. The fraction of sp³-hybridized carbons (Fsp3) is 0.280. The van der Waals surface area contributed by atoms with Crippen LogP contribution in [0.15, 0.2) is 66.0 Å². The number of carbonyl (C=O) groups excluding carboxylic acids is 2. The molecular formula is C25H24F2N2O2S. The highest BCUT2D eigenvalue weighted by atomic mass is 32.1. The third-order valence-electron chi connectivity index (χ3n) is 5.45. The van der Waals surface area contributed by atoms with Crippen molar-refractivity contribution in [1.82, 2.24) is 9.80 Å². The van der Waals surface area contributed by atoms with Crippen molar-refractivity contribution in [3.63, 3.8) is 0 Å². The van der Waals surface area contributed by atoms with Crippen LogP contribution in [-0.4, -0.2) is 34.2 Å². The highest BCUT2D eigenvalue weighted by molar-refractivity contribution is 7.09. The van der Waals surface area contributed by atoms with Crippen molar-refractivity contribution in [2.75, 3.05) is 6.54 Å². The molecule has 1 aliphatic carbocycles. The monoisotopic (exact) mass is 454 g/mol. The normalized spacial score (nSPS) is 13.1. The number of thiophene rings is 1. The first-order valence-corrected chi connectivity index (χ1v) is 11.4. The Hall–Kier alpha value is -3.06. The van der Waals surface area contributed by atoms with Crippen molar-refractivity contribution < 1.29 is 18.4 Å². The third kappa shape index (κ3) is 6.01. The number of hydrogen-bond acceptors (Lipinski definition) is 3. The zero-order valence-electron chi connectivity index (χ0n) is 17.5. The average Bonchev–Trinajstić information content (AvgIpc) is 3.49. The van der Waals surface area contributed by atoms with Gasteiger partial charge < -0.3 is 9.80 Å². The van der Waals surface area contributed by atoms with E-state index in [4.69, 9.17) is 0 Å². The van der Waals surface area contributed by atoms with Crippen molar-refractivity contribution in [1.29, 1.82) is 0 Å². The van der Waals surface area contributed by atoms with Crippen LogP contribution < -0.4 is 0 Å². The molecule has 1 fully saturated rings. The number of halogens is 2. The van der Waals surface area contributed by atoms with Crippen molar-refractivity contribution in [2.24, 2.45) is 0 Å². The van der Waals surface area contributed by atoms with E-state index in [1.165, 1.54) is 24.3 Å². The predicted molar refractivity (Wildman–Crippen MR) is 120 cm³/mol. The second-order valence-electron chi connectivity index (χ2n) is 8.01. The second kappa shape index (κ2) is 10.0. The molecule has 0 unspecified atom stereocenters. The van der Waals surface area contributed by atoms with Gasteiger partial charge in [0.2, 0.25) is 11.8 Å². The van der Waals surface area contributed by atoms with Gasteiger partial charge in [-0.3, -0.25) is 9.59 Å². The molecule has 32 heavy (non-hydrogen) atoms. The molecule has 0 radical (unpaired) electrons. The van der Waals surface area contributed by atoms with Gasteiger partial charge in [0, 0.05) is 17.5 Å². The number of benzene rings is 2. The van der Waals surface area contributed by atoms with Crippen LogP contribution >= 0.6 is 11.3 Å². The van der Waals surface area contributed by atoms with Crippen LogP contribution in [0.2, 0.25) is 0 Å². The maximum Gasteiger partial charge on any atom is 0.242 e. The fourth-order valence-electron chi connectivity index (χ4n) is 3.56. The van der Waals surface area contributed by atoms with E-state index in [0.717, 1.165) is 28.8 Å². The number of carbonyl (C=O) groups is 2. The molecule has 2 aromatic carbocycles. The highest BCUT2D eigenvalue weighted by Gasteiger charge is 2.34. The zero-order valence-corrected chi connectivity index (χ0v) is 18.4. The lowest BCUT2D eigenvalue weighted by Gasteiger charge is -2.28. The Morgan fingerprint density at radius 3 is 2.03 bits per heavy atom. The molecule has 0 saturated heterocycles. The van der Waals surface area contributed by atoms with E-state index in [1.54, 1.807) is 45.4 Å². The lowest BCUT2D eigenvalue weighted by atomic mass is 10.1. The van der Waals surface area contributed by atoms with Gasteiger partial charge in [-0.1, -0.05) is 30.3 Å². The summed E-state index contributed by atoms with van der Waals surface area (Å²) in [4.78, 5) is 30.7. The SMILES string of the molecule is O=C(CN(C(=O)Cc1ccc(F)cc1)C1CC1)N(Cc1ccc(F)cc1)Cc1cccs1. The third-order valence-corrected chi connectivity index (χ3v) is 6.31. The van der Waals surface area contributed by atoms with E-state index < -0.39 is 0 Å². The lowest BCUT2D eigenvalue weighted by molar-refractivity contribution is -0.141. The molecule has 1 saturated carbocycles. The van der Waals surface area contributed by atoms with E-state index in [2.05, 4.69) is 0 Å². The minimum absolute atomic E-state index is 0.00271. The molecule has 7 heteroatoms. The Labute approximate surface area is 190 Å². The van der Waals surface area contributed by atoms with Gasteiger partial charge in [0.15, 0.2) is 0 Å². The number of rotatable bonds is 9. The largest absolute Gasteiger partial charge is 0.332 e. The summed E-state index contributed by atoms with van der Waals surface area (Å²) in [7, 11) is 0. The first-order chi connectivity index (χ1) is 15.5. The van der Waals surface area contributed by atoms with Crippen molar-refractivity contribution in [3.05, 3.63) is 93.7 Å². The Kier molecular flexibility index (Phi) is 6.95. The van der Waals surface area contributed by atoms with Crippen LogP contribution in [0.1, 0.15) is 28.8 Å². The summed E-state index contributed by atoms with van der Waals surface area (Å²) in [6.07, 6.45) is 1.89. The van der Waals surface area contributed by atoms with Crippen LogP contribution in [-0.2, 0) is 29.1 Å². The van der Waals surface area contributed by atoms with Crippen LogP contribution in [0, 0.1) is 11.6 Å². The molecule has 1 heterocycles. The average molecular weight is 455 g/mol. The van der Waals surface area contributed by atoms with Gasteiger partial charge >= 0.3 is 0 Å². The molecule has 166 valence electrons. The Bertz CT molecular complexity index is 1050. The predicted octanol–water partition coefficient (Wildman–Crippen LogP) is 4.79. The minimum atomic E-state index is -0.347. The first kappa shape index (κ1) is 22.1. The molecule has 1 aliphatic rings. The summed E-state index contributed by atoms with van der Waals surface area (Å²) >= 11 is 1.56. The van der Waals surface area contributed by atoms with E-state index in [0.29, 0.717) is 13.1 Å². The standard InChI is InChI=1S/C25H24F2N2O2S/c26-20-7-3-18(4-8-20)14-24(30)29(22-11-12-22)17-25(31)28(16-23-2-1-13-32-23)15-19-5-9-21(27)10-6-19/h1-10,13,22H,11-12,14-17H2. The Morgan fingerprint density at radius 1 is 0.844 bits per heavy atom. The molecule has 2 amide bonds. The molecule has 0 spiro atoms. The molecule has 0 atom stereocenters. The zero-order chi connectivity index (χ0) is 22.5. The van der Waals surface area contributed by atoms with Gasteiger partial charge in [0.1, 0.15) is 18.2 Å². The summed E-state index contributed by atoms with van der Waals surface area (Å²) < 4.78 is 26.5. The molecule has 4 rings (SSSR count). The number of nitrogens with zero attached hydrogens (tertiary/aromatic N) is 2. The Balaban J connectivity index is 1.47. The molecule has 1 aromatic heterocycles. The van der Waals surface area contributed by atoms with Gasteiger partial charge in [-0.15, -0.1) is 11.3 Å². The van der Waals surface area contributed by atoms with Crippen LogP contribution in [0.3, 0.4) is 0 Å². The quantitative estimate of drug-likeness (QED) is 0.467.